The van der Waals surface area contributed by atoms with Crippen molar-refractivity contribution in [3.05, 3.63) is 34.2 Å². The van der Waals surface area contributed by atoms with Gasteiger partial charge in [-0.25, -0.2) is 18.3 Å². The number of morpholine rings is 1. The van der Waals surface area contributed by atoms with E-state index in [0.29, 0.717) is 42.7 Å². The number of carbonyl (C=O) groups excluding carboxylic acids is 1. The van der Waals surface area contributed by atoms with Gasteiger partial charge in [0.25, 0.3) is 0 Å². The van der Waals surface area contributed by atoms with Gasteiger partial charge in [0.2, 0.25) is 15.9 Å². The molecule has 2 heterocycles. The lowest BCUT2D eigenvalue weighted by Gasteiger charge is -2.26. The summed E-state index contributed by atoms with van der Waals surface area (Å²) in [5, 5.41) is 9.19. The number of H-pyrrole nitrogens is 1. The summed E-state index contributed by atoms with van der Waals surface area (Å²) < 4.78 is 33.7. The minimum absolute atomic E-state index is 0.0254. The van der Waals surface area contributed by atoms with Gasteiger partial charge in [-0.2, -0.15) is 4.31 Å². The molecule has 2 aromatic rings. The maximum absolute atomic E-state index is 12.9. The molecule has 10 nitrogen and oxygen atoms in total. The third-order valence-corrected chi connectivity index (χ3v) is 7.30. The summed E-state index contributed by atoms with van der Waals surface area (Å²) in [7, 11) is -2.11. The van der Waals surface area contributed by atoms with Crippen LogP contribution in [0.2, 0.25) is 0 Å². The van der Waals surface area contributed by atoms with Crippen molar-refractivity contribution >= 4 is 33.4 Å². The molecule has 152 valence electrons. The first kappa shape index (κ1) is 20.6. The van der Waals surface area contributed by atoms with Gasteiger partial charge in [0.1, 0.15) is 0 Å². The number of amides is 1. The molecular formula is C16H21N5O5S2. The van der Waals surface area contributed by atoms with Gasteiger partial charge in [-0.3, -0.25) is 9.36 Å². The topological polar surface area (TPSA) is 126 Å². The summed E-state index contributed by atoms with van der Waals surface area (Å²) in [4.78, 5) is 23.7. The molecule has 0 unspecified atom stereocenters. The zero-order valence-corrected chi connectivity index (χ0v) is 17.1. The molecule has 1 aliphatic heterocycles. The Morgan fingerprint density at radius 3 is 2.71 bits per heavy atom. The molecule has 0 spiro atoms. The zero-order chi connectivity index (χ0) is 20.3. The fraction of sp³-hybridized carbons (Fsp3) is 0.438. The van der Waals surface area contributed by atoms with Crippen LogP contribution < -0.4 is 11.0 Å². The largest absolute Gasteiger partial charge is 0.379 e. The quantitative estimate of drug-likeness (QED) is 0.629. The van der Waals surface area contributed by atoms with Gasteiger partial charge in [-0.15, -0.1) is 5.10 Å². The molecule has 0 radical (unpaired) electrons. The number of aromatic nitrogens is 3. The summed E-state index contributed by atoms with van der Waals surface area (Å²) in [6.07, 6.45) is 0. The van der Waals surface area contributed by atoms with Crippen molar-refractivity contribution in [2.75, 3.05) is 37.4 Å². The van der Waals surface area contributed by atoms with Crippen LogP contribution in [0.4, 0.5) is 5.69 Å². The number of benzene rings is 1. The maximum Gasteiger partial charge on any atom is 0.343 e. The van der Waals surface area contributed by atoms with Crippen LogP contribution in [-0.4, -0.2) is 65.5 Å². The Labute approximate surface area is 166 Å². The molecule has 0 aliphatic carbocycles. The van der Waals surface area contributed by atoms with Crippen LogP contribution in [0.1, 0.15) is 5.56 Å². The number of rotatable bonds is 6. The molecule has 1 amide bonds. The number of nitrogens with zero attached hydrogens (tertiary/aromatic N) is 3. The highest BCUT2D eigenvalue weighted by Gasteiger charge is 2.28. The highest BCUT2D eigenvalue weighted by atomic mass is 32.2. The second kappa shape index (κ2) is 8.47. The Morgan fingerprint density at radius 1 is 1.36 bits per heavy atom. The van der Waals surface area contributed by atoms with Crippen molar-refractivity contribution in [2.45, 2.75) is 17.0 Å². The molecule has 28 heavy (non-hydrogen) atoms. The van der Waals surface area contributed by atoms with E-state index in [1.54, 1.807) is 26.1 Å². The molecule has 3 rings (SSSR count). The molecule has 12 heteroatoms. The molecule has 0 saturated carbocycles. The Hall–Kier alpha value is -2.15. The van der Waals surface area contributed by atoms with E-state index in [-0.39, 0.29) is 22.2 Å². The number of carbonyl (C=O) groups is 1. The van der Waals surface area contributed by atoms with E-state index in [1.807, 2.05) is 0 Å². The van der Waals surface area contributed by atoms with Crippen LogP contribution in [-0.2, 0) is 26.6 Å². The van der Waals surface area contributed by atoms with Crippen LogP contribution in [0.5, 0.6) is 0 Å². The van der Waals surface area contributed by atoms with Crippen LogP contribution in [0.15, 0.2) is 33.0 Å². The van der Waals surface area contributed by atoms with Crippen molar-refractivity contribution in [3.8, 4) is 0 Å². The van der Waals surface area contributed by atoms with Crippen LogP contribution in [0, 0.1) is 6.92 Å². The Bertz CT molecular complexity index is 1020. The first-order valence-electron chi connectivity index (χ1n) is 8.51. The van der Waals surface area contributed by atoms with E-state index in [1.165, 1.54) is 14.9 Å². The van der Waals surface area contributed by atoms with E-state index in [0.717, 1.165) is 11.8 Å². The van der Waals surface area contributed by atoms with E-state index in [9.17, 15) is 18.0 Å². The number of aromatic amines is 1. The average Bonchev–Trinajstić information content (AvgIpc) is 3.00. The predicted octanol–water partition coefficient (Wildman–Crippen LogP) is 0.169. The second-order valence-electron chi connectivity index (χ2n) is 6.20. The number of thioether (sulfide) groups is 1. The monoisotopic (exact) mass is 427 g/mol. The third-order valence-electron chi connectivity index (χ3n) is 4.23. The summed E-state index contributed by atoms with van der Waals surface area (Å²) in [5.41, 5.74) is 0.628. The summed E-state index contributed by atoms with van der Waals surface area (Å²) >= 11 is 1.10. The Morgan fingerprint density at radius 2 is 2.07 bits per heavy atom. The lowest BCUT2D eigenvalue weighted by atomic mass is 10.2. The van der Waals surface area contributed by atoms with E-state index < -0.39 is 10.0 Å². The van der Waals surface area contributed by atoms with Gasteiger partial charge in [0.05, 0.1) is 23.9 Å². The van der Waals surface area contributed by atoms with Crippen LogP contribution in [0.25, 0.3) is 0 Å². The molecule has 1 aromatic carbocycles. The predicted molar refractivity (Wildman–Crippen MR) is 104 cm³/mol. The number of hydrogen-bond donors (Lipinski definition) is 2. The molecule has 2 N–H and O–H groups in total. The number of aryl methyl sites for hydroxylation is 1. The Balaban J connectivity index is 1.71. The first-order chi connectivity index (χ1) is 13.3. The summed E-state index contributed by atoms with van der Waals surface area (Å²) in [6, 6.07) is 4.78. The smallest absolute Gasteiger partial charge is 0.343 e. The molecule has 0 bridgehead atoms. The minimum atomic E-state index is -3.66. The van der Waals surface area contributed by atoms with E-state index in [4.69, 9.17) is 4.74 Å². The van der Waals surface area contributed by atoms with Gasteiger partial charge in [0, 0.05) is 25.8 Å². The number of nitrogens with one attached hydrogen (secondary N) is 2. The summed E-state index contributed by atoms with van der Waals surface area (Å²) in [5.74, 6) is -0.309. The third kappa shape index (κ3) is 4.46. The lowest BCUT2D eigenvalue weighted by Crippen LogP contribution is -2.40. The van der Waals surface area contributed by atoms with Crippen molar-refractivity contribution in [3.63, 3.8) is 0 Å². The van der Waals surface area contributed by atoms with Crippen molar-refractivity contribution in [2.24, 2.45) is 7.05 Å². The number of anilines is 1. The van der Waals surface area contributed by atoms with E-state index >= 15 is 0 Å². The van der Waals surface area contributed by atoms with Crippen molar-refractivity contribution in [1.29, 1.82) is 0 Å². The van der Waals surface area contributed by atoms with E-state index in [2.05, 4.69) is 15.5 Å². The van der Waals surface area contributed by atoms with Crippen LogP contribution >= 0.6 is 11.8 Å². The number of ether oxygens (including phenoxy) is 1. The fourth-order valence-corrected chi connectivity index (χ4v) is 5.05. The Kier molecular flexibility index (Phi) is 6.23. The van der Waals surface area contributed by atoms with Gasteiger partial charge in [0.15, 0.2) is 5.16 Å². The van der Waals surface area contributed by atoms with Crippen molar-refractivity contribution in [1.82, 2.24) is 19.1 Å². The highest BCUT2D eigenvalue weighted by molar-refractivity contribution is 7.99. The first-order valence-corrected chi connectivity index (χ1v) is 10.9. The molecule has 1 fully saturated rings. The molecule has 1 aromatic heterocycles. The molecule has 1 saturated heterocycles. The number of hydrogen-bond acceptors (Lipinski definition) is 7. The maximum atomic E-state index is 12.9. The zero-order valence-electron chi connectivity index (χ0n) is 15.5. The normalized spacial score (nSPS) is 15.5. The van der Waals surface area contributed by atoms with Gasteiger partial charge in [-0.1, -0.05) is 17.8 Å². The average molecular weight is 428 g/mol. The van der Waals surface area contributed by atoms with Crippen molar-refractivity contribution < 1.29 is 17.9 Å². The second-order valence-corrected chi connectivity index (χ2v) is 9.05. The molecular weight excluding hydrogens is 406 g/mol. The SMILES string of the molecule is Cc1ccc(NC(=O)CSc2n[nH]c(=O)n2C)cc1S(=O)(=O)N1CCOCC1. The van der Waals surface area contributed by atoms with Gasteiger partial charge >= 0.3 is 5.69 Å². The molecule has 0 atom stereocenters. The molecule has 1 aliphatic rings. The number of sulfonamides is 1. The highest BCUT2D eigenvalue weighted by Crippen LogP contribution is 2.24. The standard InChI is InChI=1S/C16H21N5O5S2/c1-11-3-4-12(9-13(11)28(24,25)21-5-7-26-8-6-21)17-14(22)10-27-16-19-18-15(23)20(16)2/h3-4,9H,5-8,10H2,1-2H3,(H,17,22)(H,18,23). The van der Waals surface area contributed by atoms with Crippen LogP contribution in [0.3, 0.4) is 0 Å². The van der Waals surface area contributed by atoms with Gasteiger partial charge in [-0.05, 0) is 24.6 Å². The minimum Gasteiger partial charge on any atom is -0.379 e. The summed E-state index contributed by atoms with van der Waals surface area (Å²) in [6.45, 7) is 3.05. The lowest BCUT2D eigenvalue weighted by molar-refractivity contribution is -0.113. The van der Waals surface area contributed by atoms with Gasteiger partial charge < -0.3 is 10.1 Å². The fourth-order valence-electron chi connectivity index (χ4n) is 2.67.